The van der Waals surface area contributed by atoms with Crippen LogP contribution in [-0.4, -0.2) is 15.0 Å². The van der Waals surface area contributed by atoms with Crippen molar-refractivity contribution in [3.05, 3.63) is 28.2 Å². The van der Waals surface area contributed by atoms with Gasteiger partial charge in [0.1, 0.15) is 0 Å². The lowest BCUT2D eigenvalue weighted by molar-refractivity contribution is 0.357. The first-order chi connectivity index (χ1) is 9.31. The van der Waals surface area contributed by atoms with Crippen molar-refractivity contribution in [2.75, 3.05) is 6.54 Å². The molecule has 2 rings (SSSR count). The minimum atomic E-state index is -3.50. The summed E-state index contributed by atoms with van der Waals surface area (Å²) in [5, 5.41) is 0. The van der Waals surface area contributed by atoms with Crippen molar-refractivity contribution in [1.29, 1.82) is 0 Å². The maximum atomic E-state index is 12.4. The van der Waals surface area contributed by atoms with Crippen LogP contribution >= 0.6 is 15.9 Å². The minimum Gasteiger partial charge on any atom is -0.326 e. The summed E-state index contributed by atoms with van der Waals surface area (Å²) >= 11 is 3.30. The van der Waals surface area contributed by atoms with Crippen molar-refractivity contribution >= 4 is 26.0 Å². The maximum absolute atomic E-state index is 12.4. The van der Waals surface area contributed by atoms with Crippen molar-refractivity contribution < 1.29 is 8.42 Å². The standard InChI is InChI=1S/C14H21BrN2O2S/c1-10(2)14(5-6-14)9-17-20(18,19)13-7-11(8-16)3-4-12(13)15/h3-4,7,10,17H,5-6,8-9,16H2,1-2H3. The predicted molar refractivity (Wildman–Crippen MR) is 83.7 cm³/mol. The van der Waals surface area contributed by atoms with E-state index in [9.17, 15) is 8.42 Å². The zero-order chi connectivity index (χ0) is 15.0. The molecule has 1 aliphatic carbocycles. The van der Waals surface area contributed by atoms with E-state index in [2.05, 4.69) is 34.5 Å². The molecular formula is C14H21BrN2O2S. The van der Waals surface area contributed by atoms with Gasteiger partial charge in [0.05, 0.1) is 4.90 Å². The molecule has 1 fully saturated rings. The average Bonchev–Trinajstić information content (AvgIpc) is 3.18. The summed E-state index contributed by atoms with van der Waals surface area (Å²) in [4.78, 5) is 0.264. The molecule has 0 spiro atoms. The monoisotopic (exact) mass is 360 g/mol. The number of hydrogen-bond donors (Lipinski definition) is 2. The lowest BCUT2D eigenvalue weighted by atomic mass is 9.93. The van der Waals surface area contributed by atoms with E-state index in [1.54, 1.807) is 12.1 Å². The molecule has 1 saturated carbocycles. The van der Waals surface area contributed by atoms with Crippen molar-refractivity contribution in [3.63, 3.8) is 0 Å². The summed E-state index contributed by atoms with van der Waals surface area (Å²) in [5.74, 6) is 0.490. The summed E-state index contributed by atoms with van der Waals surface area (Å²) in [6.07, 6.45) is 2.19. The highest BCUT2D eigenvalue weighted by Gasteiger charge is 2.45. The van der Waals surface area contributed by atoms with E-state index >= 15 is 0 Å². The molecule has 0 saturated heterocycles. The second-order valence-corrected chi connectivity index (χ2v) is 8.40. The highest BCUT2D eigenvalue weighted by Crippen LogP contribution is 2.51. The van der Waals surface area contributed by atoms with Crippen molar-refractivity contribution in [2.24, 2.45) is 17.1 Å². The second-order valence-electron chi connectivity index (χ2n) is 5.81. The van der Waals surface area contributed by atoms with Crippen LogP contribution in [0.15, 0.2) is 27.6 Å². The van der Waals surface area contributed by atoms with Gasteiger partial charge in [-0.3, -0.25) is 0 Å². The molecule has 4 nitrogen and oxygen atoms in total. The first-order valence-corrected chi connectivity index (χ1v) is 9.06. The Morgan fingerprint density at radius 3 is 2.55 bits per heavy atom. The lowest BCUT2D eigenvalue weighted by Crippen LogP contribution is -2.32. The van der Waals surface area contributed by atoms with Crippen LogP contribution in [0.4, 0.5) is 0 Å². The van der Waals surface area contributed by atoms with Crippen LogP contribution in [0.25, 0.3) is 0 Å². The summed E-state index contributed by atoms with van der Waals surface area (Å²) in [7, 11) is -3.50. The van der Waals surface area contributed by atoms with E-state index in [0.29, 0.717) is 23.5 Å². The zero-order valence-electron chi connectivity index (χ0n) is 11.8. The first-order valence-electron chi connectivity index (χ1n) is 6.79. The third kappa shape index (κ3) is 3.24. The van der Waals surface area contributed by atoms with Crippen LogP contribution in [0.5, 0.6) is 0 Å². The molecule has 3 N–H and O–H groups in total. The second kappa shape index (κ2) is 5.75. The number of sulfonamides is 1. The third-order valence-electron chi connectivity index (χ3n) is 4.25. The molecule has 112 valence electrons. The molecule has 0 bridgehead atoms. The fourth-order valence-corrected chi connectivity index (χ4v) is 4.47. The quantitative estimate of drug-likeness (QED) is 0.818. The third-order valence-corrected chi connectivity index (χ3v) is 6.65. The van der Waals surface area contributed by atoms with E-state index in [0.717, 1.165) is 18.4 Å². The summed E-state index contributed by atoms with van der Waals surface area (Å²) in [6.45, 7) is 5.12. The molecule has 0 amide bonds. The molecule has 0 aliphatic heterocycles. The number of rotatable bonds is 6. The van der Waals surface area contributed by atoms with Crippen LogP contribution in [0.2, 0.25) is 0 Å². The van der Waals surface area contributed by atoms with Gasteiger partial charge < -0.3 is 5.73 Å². The van der Waals surface area contributed by atoms with E-state index < -0.39 is 10.0 Å². The molecule has 0 unspecified atom stereocenters. The van der Waals surface area contributed by atoms with E-state index in [1.807, 2.05) is 6.07 Å². The normalized spacial score (nSPS) is 17.4. The van der Waals surface area contributed by atoms with Crippen LogP contribution in [0, 0.1) is 11.3 Å². The number of benzene rings is 1. The molecular weight excluding hydrogens is 340 g/mol. The van der Waals surface area contributed by atoms with Gasteiger partial charge in [-0.2, -0.15) is 0 Å². The van der Waals surface area contributed by atoms with Gasteiger partial charge in [0, 0.05) is 17.6 Å². The van der Waals surface area contributed by atoms with E-state index in [-0.39, 0.29) is 10.3 Å². The largest absolute Gasteiger partial charge is 0.326 e. The fraction of sp³-hybridized carbons (Fsp3) is 0.571. The summed E-state index contributed by atoms with van der Waals surface area (Å²) in [6, 6.07) is 5.17. The Morgan fingerprint density at radius 1 is 1.40 bits per heavy atom. The molecule has 6 heteroatoms. The van der Waals surface area contributed by atoms with Crippen molar-refractivity contribution in [3.8, 4) is 0 Å². The van der Waals surface area contributed by atoms with Gasteiger partial charge in [0.25, 0.3) is 0 Å². The van der Waals surface area contributed by atoms with Gasteiger partial charge >= 0.3 is 0 Å². The number of hydrogen-bond acceptors (Lipinski definition) is 3. The SMILES string of the molecule is CC(C)C1(CNS(=O)(=O)c2cc(CN)ccc2Br)CC1. The molecule has 0 atom stereocenters. The Labute approximate surface area is 129 Å². The molecule has 1 aromatic rings. The highest BCUT2D eigenvalue weighted by molar-refractivity contribution is 9.10. The molecule has 1 aliphatic rings. The van der Waals surface area contributed by atoms with Gasteiger partial charge in [-0.15, -0.1) is 0 Å². The molecule has 0 heterocycles. The van der Waals surface area contributed by atoms with Crippen LogP contribution < -0.4 is 10.5 Å². The van der Waals surface area contributed by atoms with Gasteiger partial charge in [-0.1, -0.05) is 19.9 Å². The summed E-state index contributed by atoms with van der Waals surface area (Å²) < 4.78 is 28.2. The number of halogens is 1. The summed E-state index contributed by atoms with van der Waals surface area (Å²) in [5.41, 5.74) is 6.52. The van der Waals surface area contributed by atoms with Gasteiger partial charge in [-0.05, 0) is 57.8 Å². The van der Waals surface area contributed by atoms with Gasteiger partial charge in [-0.25, -0.2) is 13.1 Å². The van der Waals surface area contributed by atoms with E-state index in [4.69, 9.17) is 5.73 Å². The Kier molecular flexibility index (Phi) is 4.59. The predicted octanol–water partition coefficient (Wildman–Crippen LogP) is 2.62. The average molecular weight is 361 g/mol. The Morgan fingerprint density at radius 2 is 2.05 bits per heavy atom. The van der Waals surface area contributed by atoms with Crippen LogP contribution in [0.1, 0.15) is 32.3 Å². The Hall–Kier alpha value is -0.430. The van der Waals surface area contributed by atoms with Crippen molar-refractivity contribution in [2.45, 2.75) is 38.1 Å². The Bertz CT molecular complexity index is 595. The van der Waals surface area contributed by atoms with Crippen LogP contribution in [-0.2, 0) is 16.6 Å². The number of nitrogens with two attached hydrogens (primary N) is 1. The van der Waals surface area contributed by atoms with Gasteiger partial charge in [0.15, 0.2) is 0 Å². The fourth-order valence-electron chi connectivity index (χ4n) is 2.32. The topological polar surface area (TPSA) is 72.2 Å². The molecule has 20 heavy (non-hydrogen) atoms. The molecule has 0 radical (unpaired) electrons. The minimum absolute atomic E-state index is 0.144. The Balaban J connectivity index is 2.18. The maximum Gasteiger partial charge on any atom is 0.241 e. The smallest absolute Gasteiger partial charge is 0.241 e. The highest BCUT2D eigenvalue weighted by atomic mass is 79.9. The molecule has 1 aromatic carbocycles. The van der Waals surface area contributed by atoms with Crippen molar-refractivity contribution in [1.82, 2.24) is 4.72 Å². The first kappa shape index (κ1) is 15.9. The molecule has 0 aromatic heterocycles. The lowest BCUT2D eigenvalue weighted by Gasteiger charge is -2.20. The van der Waals surface area contributed by atoms with Gasteiger partial charge in [0.2, 0.25) is 10.0 Å². The van der Waals surface area contributed by atoms with E-state index in [1.165, 1.54) is 0 Å². The van der Waals surface area contributed by atoms with Crippen LogP contribution in [0.3, 0.4) is 0 Å². The zero-order valence-corrected chi connectivity index (χ0v) is 14.2. The number of nitrogens with one attached hydrogen (secondary N) is 1.